The first-order valence-electron chi connectivity index (χ1n) is 7.76. The summed E-state index contributed by atoms with van der Waals surface area (Å²) in [6.45, 7) is 8.67. The number of nitrogens with zero attached hydrogens (tertiary/aromatic N) is 2. The average Bonchev–Trinajstić information content (AvgIpc) is 2.49. The normalized spacial score (nSPS) is 16.5. The van der Waals surface area contributed by atoms with Gasteiger partial charge in [0, 0.05) is 43.4 Å². The van der Waals surface area contributed by atoms with Crippen LogP contribution in [0.5, 0.6) is 0 Å². The van der Waals surface area contributed by atoms with Gasteiger partial charge in [0.25, 0.3) is 0 Å². The second kappa shape index (κ2) is 8.67. The highest BCUT2D eigenvalue weighted by molar-refractivity contribution is 7.80. The van der Waals surface area contributed by atoms with Gasteiger partial charge in [0.05, 0.1) is 0 Å². The molecule has 0 aliphatic carbocycles. The van der Waals surface area contributed by atoms with Crippen molar-refractivity contribution in [2.45, 2.75) is 13.3 Å². The zero-order chi connectivity index (χ0) is 15.9. The molecule has 122 valence electrons. The Morgan fingerprint density at radius 3 is 2.68 bits per heavy atom. The van der Waals surface area contributed by atoms with Crippen LogP contribution in [0.15, 0.2) is 18.2 Å². The maximum Gasteiger partial charge on any atom is 0.170 e. The van der Waals surface area contributed by atoms with Gasteiger partial charge in [-0.15, -0.1) is 0 Å². The van der Waals surface area contributed by atoms with E-state index in [1.807, 2.05) is 25.1 Å². The van der Waals surface area contributed by atoms with Crippen LogP contribution < -0.4 is 10.6 Å². The maximum atomic E-state index is 6.11. The van der Waals surface area contributed by atoms with E-state index in [4.69, 9.17) is 23.8 Å². The smallest absolute Gasteiger partial charge is 0.170 e. The summed E-state index contributed by atoms with van der Waals surface area (Å²) in [5.41, 5.74) is 1.99. The van der Waals surface area contributed by atoms with Crippen molar-refractivity contribution in [2.24, 2.45) is 0 Å². The molecule has 2 rings (SSSR count). The lowest BCUT2D eigenvalue weighted by molar-refractivity contribution is 0.153. The number of thiocarbonyl (C=S) groups is 1. The van der Waals surface area contributed by atoms with Crippen molar-refractivity contribution in [1.82, 2.24) is 15.1 Å². The number of halogens is 1. The Morgan fingerprint density at radius 2 is 2.00 bits per heavy atom. The SMILES string of the molecule is Cc1ccc(NC(=S)NCCCN2CCN(C)CC2)cc1Cl. The summed E-state index contributed by atoms with van der Waals surface area (Å²) in [6.07, 6.45) is 1.10. The first kappa shape index (κ1) is 17.5. The largest absolute Gasteiger partial charge is 0.362 e. The first-order valence-corrected chi connectivity index (χ1v) is 8.55. The molecular weight excluding hydrogens is 316 g/mol. The Balaban J connectivity index is 1.62. The predicted molar refractivity (Wildman–Crippen MR) is 99.0 cm³/mol. The summed E-state index contributed by atoms with van der Waals surface area (Å²) in [6, 6.07) is 5.87. The van der Waals surface area contributed by atoms with Crippen LogP contribution in [-0.4, -0.2) is 61.2 Å². The molecule has 0 spiro atoms. The van der Waals surface area contributed by atoms with Crippen molar-refractivity contribution < 1.29 is 0 Å². The van der Waals surface area contributed by atoms with Crippen LogP contribution in [-0.2, 0) is 0 Å². The number of nitrogens with one attached hydrogen (secondary N) is 2. The van der Waals surface area contributed by atoms with Gasteiger partial charge in [-0.3, -0.25) is 0 Å². The van der Waals surface area contributed by atoms with Crippen LogP contribution in [0.1, 0.15) is 12.0 Å². The van der Waals surface area contributed by atoms with E-state index >= 15 is 0 Å². The molecule has 0 saturated carbocycles. The lowest BCUT2D eigenvalue weighted by Crippen LogP contribution is -2.45. The molecule has 0 unspecified atom stereocenters. The van der Waals surface area contributed by atoms with E-state index in [9.17, 15) is 0 Å². The van der Waals surface area contributed by atoms with Crippen molar-refractivity contribution in [3.8, 4) is 0 Å². The van der Waals surface area contributed by atoms with Gasteiger partial charge in [-0.25, -0.2) is 0 Å². The van der Waals surface area contributed by atoms with E-state index in [-0.39, 0.29) is 0 Å². The number of benzene rings is 1. The lowest BCUT2D eigenvalue weighted by Gasteiger charge is -2.32. The lowest BCUT2D eigenvalue weighted by atomic mass is 10.2. The van der Waals surface area contributed by atoms with Crippen molar-refractivity contribution in [2.75, 3.05) is 51.6 Å². The average molecular weight is 341 g/mol. The molecule has 1 saturated heterocycles. The molecule has 0 bridgehead atoms. The van der Waals surface area contributed by atoms with Crippen LogP contribution in [0.25, 0.3) is 0 Å². The molecule has 1 aliphatic rings. The van der Waals surface area contributed by atoms with Gasteiger partial charge < -0.3 is 20.4 Å². The Bertz CT molecular complexity index is 501. The minimum Gasteiger partial charge on any atom is -0.362 e. The summed E-state index contributed by atoms with van der Waals surface area (Å²) in [5.74, 6) is 0. The Morgan fingerprint density at radius 1 is 1.27 bits per heavy atom. The first-order chi connectivity index (χ1) is 10.5. The van der Waals surface area contributed by atoms with Gasteiger partial charge in [0.1, 0.15) is 0 Å². The Hall–Kier alpha value is -0.880. The summed E-state index contributed by atoms with van der Waals surface area (Å²) < 4.78 is 0. The van der Waals surface area contributed by atoms with Crippen molar-refractivity contribution >= 4 is 34.6 Å². The van der Waals surface area contributed by atoms with E-state index < -0.39 is 0 Å². The molecule has 4 nitrogen and oxygen atoms in total. The van der Waals surface area contributed by atoms with Crippen LogP contribution in [0, 0.1) is 6.92 Å². The van der Waals surface area contributed by atoms with Gasteiger partial charge in [0.2, 0.25) is 0 Å². The fraction of sp³-hybridized carbons (Fsp3) is 0.562. The molecule has 1 fully saturated rings. The van der Waals surface area contributed by atoms with Crippen molar-refractivity contribution in [1.29, 1.82) is 0 Å². The minimum absolute atomic E-state index is 0.651. The highest BCUT2D eigenvalue weighted by Crippen LogP contribution is 2.19. The summed E-state index contributed by atoms with van der Waals surface area (Å²) >= 11 is 11.4. The predicted octanol–water partition coefficient (Wildman–Crippen LogP) is 2.57. The van der Waals surface area contributed by atoms with Crippen LogP contribution in [0.2, 0.25) is 5.02 Å². The van der Waals surface area contributed by atoms with Gasteiger partial charge in [-0.05, 0) is 56.9 Å². The number of aryl methyl sites for hydroxylation is 1. The molecule has 1 aromatic carbocycles. The van der Waals surface area contributed by atoms with E-state index in [0.29, 0.717) is 5.11 Å². The molecule has 2 N–H and O–H groups in total. The zero-order valence-electron chi connectivity index (χ0n) is 13.4. The molecule has 1 aromatic rings. The van der Waals surface area contributed by atoms with Gasteiger partial charge in [0.15, 0.2) is 5.11 Å². The number of hydrogen-bond acceptors (Lipinski definition) is 3. The van der Waals surface area contributed by atoms with Crippen LogP contribution >= 0.6 is 23.8 Å². The van der Waals surface area contributed by atoms with Gasteiger partial charge >= 0.3 is 0 Å². The molecular formula is C16H25ClN4S. The molecule has 0 amide bonds. The van der Waals surface area contributed by atoms with Crippen molar-refractivity contribution in [3.63, 3.8) is 0 Å². The highest BCUT2D eigenvalue weighted by atomic mass is 35.5. The molecule has 22 heavy (non-hydrogen) atoms. The Labute approximate surface area is 143 Å². The second-order valence-electron chi connectivity index (χ2n) is 5.84. The molecule has 0 aromatic heterocycles. The van der Waals surface area contributed by atoms with E-state index in [1.165, 1.54) is 26.2 Å². The summed E-state index contributed by atoms with van der Waals surface area (Å²) in [7, 11) is 2.18. The number of rotatable bonds is 5. The minimum atomic E-state index is 0.651. The fourth-order valence-electron chi connectivity index (χ4n) is 2.42. The topological polar surface area (TPSA) is 30.5 Å². The third-order valence-corrected chi connectivity index (χ3v) is 4.62. The highest BCUT2D eigenvalue weighted by Gasteiger charge is 2.12. The molecule has 0 radical (unpaired) electrons. The van der Waals surface area contributed by atoms with Crippen LogP contribution in [0.4, 0.5) is 5.69 Å². The quantitative estimate of drug-likeness (QED) is 0.635. The number of anilines is 1. The van der Waals surface area contributed by atoms with Crippen molar-refractivity contribution in [3.05, 3.63) is 28.8 Å². The molecule has 1 heterocycles. The molecule has 6 heteroatoms. The Kier molecular flexibility index (Phi) is 6.89. The monoisotopic (exact) mass is 340 g/mol. The van der Waals surface area contributed by atoms with Gasteiger partial charge in [-0.1, -0.05) is 17.7 Å². The van der Waals surface area contributed by atoms with Crippen LogP contribution in [0.3, 0.4) is 0 Å². The standard InChI is InChI=1S/C16H25ClN4S/c1-13-4-5-14(12-15(13)17)19-16(22)18-6-3-7-21-10-8-20(2)9-11-21/h4-5,12H,3,6-11H2,1-2H3,(H2,18,19,22). The summed E-state index contributed by atoms with van der Waals surface area (Å²) in [5, 5.41) is 7.83. The molecule has 1 aliphatic heterocycles. The van der Waals surface area contributed by atoms with Gasteiger partial charge in [-0.2, -0.15) is 0 Å². The molecule has 0 atom stereocenters. The second-order valence-corrected chi connectivity index (χ2v) is 6.66. The number of piperazine rings is 1. The third kappa shape index (κ3) is 5.72. The summed E-state index contributed by atoms with van der Waals surface area (Å²) in [4.78, 5) is 4.89. The van der Waals surface area contributed by atoms with E-state index in [2.05, 4.69) is 27.5 Å². The van der Waals surface area contributed by atoms with E-state index in [1.54, 1.807) is 0 Å². The fourth-order valence-corrected chi connectivity index (χ4v) is 2.82. The number of likely N-dealkylation sites (N-methyl/N-ethyl adjacent to an activating group) is 1. The third-order valence-electron chi connectivity index (χ3n) is 3.96. The van der Waals surface area contributed by atoms with E-state index in [0.717, 1.165) is 35.8 Å². The number of hydrogen-bond donors (Lipinski definition) is 2. The maximum absolute atomic E-state index is 6.11. The zero-order valence-corrected chi connectivity index (χ0v) is 14.9.